The van der Waals surface area contributed by atoms with Crippen LogP contribution in [0.25, 0.3) is 0 Å². The molecule has 1 N–H and O–H groups in total. The lowest BCUT2D eigenvalue weighted by Gasteiger charge is -2.17. The van der Waals surface area contributed by atoms with Crippen LogP contribution in [0.2, 0.25) is 0 Å². The maximum absolute atomic E-state index is 10.8. The first-order valence-corrected chi connectivity index (χ1v) is 5.25. The van der Waals surface area contributed by atoms with E-state index >= 15 is 0 Å². The molecule has 80 valence electrons. The third-order valence-electron chi connectivity index (χ3n) is 2.54. The average molecular weight is 197 g/mol. The minimum Gasteiger partial charge on any atom is -0.469 e. The molecule has 0 aromatic rings. The molecular formula is C11H19NO2. The van der Waals surface area contributed by atoms with Crippen molar-refractivity contribution < 1.29 is 9.53 Å². The summed E-state index contributed by atoms with van der Waals surface area (Å²) in [6, 6.07) is 0. The molecule has 1 aliphatic rings. The smallest absolute Gasteiger partial charge is 0.306 e. The van der Waals surface area contributed by atoms with Crippen molar-refractivity contribution in [3.05, 3.63) is 12.2 Å². The number of hydrogen-bond donors (Lipinski definition) is 1. The van der Waals surface area contributed by atoms with Gasteiger partial charge in [0.15, 0.2) is 0 Å². The van der Waals surface area contributed by atoms with Crippen LogP contribution in [0.15, 0.2) is 12.2 Å². The van der Waals surface area contributed by atoms with Crippen LogP contribution < -0.4 is 5.32 Å². The van der Waals surface area contributed by atoms with Crippen LogP contribution in [-0.4, -0.2) is 26.2 Å². The molecule has 0 aromatic heterocycles. The molecule has 0 aromatic carbocycles. The molecule has 0 saturated heterocycles. The predicted octanol–water partition coefficient (Wildman–Crippen LogP) is 1.50. The van der Waals surface area contributed by atoms with Crippen molar-refractivity contribution in [3.8, 4) is 0 Å². The van der Waals surface area contributed by atoms with E-state index in [1.807, 2.05) is 0 Å². The highest BCUT2D eigenvalue weighted by molar-refractivity contribution is 5.69. The maximum Gasteiger partial charge on any atom is 0.306 e. The fraction of sp³-hybridized carbons (Fsp3) is 0.727. The molecule has 0 aliphatic heterocycles. The van der Waals surface area contributed by atoms with E-state index in [-0.39, 0.29) is 5.97 Å². The van der Waals surface area contributed by atoms with Gasteiger partial charge in [0, 0.05) is 6.54 Å². The molecule has 0 amide bonds. The lowest BCUT2D eigenvalue weighted by Crippen LogP contribution is -2.26. The molecule has 0 bridgehead atoms. The number of allylic oxidation sites excluding steroid dienone is 2. The standard InChI is InChI=1S/C11H19NO2/c1-14-11(13)7-8-12-9-10-5-3-2-4-6-10/h2-3,10,12H,4-9H2,1H3. The average Bonchev–Trinajstić information content (AvgIpc) is 2.25. The van der Waals surface area contributed by atoms with E-state index in [1.54, 1.807) is 0 Å². The number of rotatable bonds is 5. The normalized spacial score (nSPS) is 20.8. The van der Waals surface area contributed by atoms with Crippen LogP contribution in [0, 0.1) is 5.92 Å². The van der Waals surface area contributed by atoms with Crippen molar-refractivity contribution in [1.29, 1.82) is 0 Å². The van der Waals surface area contributed by atoms with Gasteiger partial charge in [0.1, 0.15) is 0 Å². The van der Waals surface area contributed by atoms with Crippen molar-refractivity contribution in [2.75, 3.05) is 20.2 Å². The molecule has 0 saturated carbocycles. The number of ether oxygens (including phenoxy) is 1. The number of nitrogens with one attached hydrogen (secondary N) is 1. The Morgan fingerprint density at radius 1 is 1.57 bits per heavy atom. The number of esters is 1. The number of methoxy groups -OCH3 is 1. The molecule has 1 rings (SSSR count). The largest absolute Gasteiger partial charge is 0.469 e. The fourth-order valence-corrected chi connectivity index (χ4v) is 1.64. The highest BCUT2D eigenvalue weighted by Gasteiger charge is 2.09. The first-order valence-electron chi connectivity index (χ1n) is 5.25. The van der Waals surface area contributed by atoms with E-state index in [4.69, 9.17) is 0 Å². The lowest BCUT2D eigenvalue weighted by molar-refractivity contribution is -0.140. The number of carbonyl (C=O) groups is 1. The van der Waals surface area contributed by atoms with Crippen molar-refractivity contribution in [3.63, 3.8) is 0 Å². The van der Waals surface area contributed by atoms with Gasteiger partial charge in [-0.1, -0.05) is 12.2 Å². The predicted molar refractivity (Wildman–Crippen MR) is 56.0 cm³/mol. The van der Waals surface area contributed by atoms with Crippen LogP contribution in [0.1, 0.15) is 25.7 Å². The summed E-state index contributed by atoms with van der Waals surface area (Å²) in [4.78, 5) is 10.8. The van der Waals surface area contributed by atoms with Gasteiger partial charge in [-0.2, -0.15) is 0 Å². The zero-order chi connectivity index (χ0) is 10.2. The van der Waals surface area contributed by atoms with E-state index in [2.05, 4.69) is 22.2 Å². The molecule has 1 aliphatic carbocycles. The van der Waals surface area contributed by atoms with E-state index in [0.717, 1.165) is 19.0 Å². The second kappa shape index (κ2) is 6.60. The molecule has 0 fully saturated rings. The lowest BCUT2D eigenvalue weighted by atomic mass is 9.94. The summed E-state index contributed by atoms with van der Waals surface area (Å²) in [6.07, 6.45) is 8.59. The van der Waals surface area contributed by atoms with E-state index in [0.29, 0.717) is 6.42 Å². The van der Waals surface area contributed by atoms with Gasteiger partial charge in [-0.05, 0) is 31.7 Å². The van der Waals surface area contributed by atoms with Gasteiger partial charge in [-0.25, -0.2) is 0 Å². The second-order valence-electron chi connectivity index (χ2n) is 3.68. The van der Waals surface area contributed by atoms with Crippen LogP contribution in [-0.2, 0) is 9.53 Å². The van der Waals surface area contributed by atoms with Gasteiger partial charge in [0.2, 0.25) is 0 Å². The van der Waals surface area contributed by atoms with Crippen molar-refractivity contribution in [1.82, 2.24) is 5.32 Å². The van der Waals surface area contributed by atoms with Gasteiger partial charge in [-0.3, -0.25) is 4.79 Å². The van der Waals surface area contributed by atoms with E-state index < -0.39 is 0 Å². The summed E-state index contributed by atoms with van der Waals surface area (Å²) >= 11 is 0. The Morgan fingerprint density at radius 3 is 3.07 bits per heavy atom. The Labute approximate surface area is 85.5 Å². The Hall–Kier alpha value is -0.830. The highest BCUT2D eigenvalue weighted by Crippen LogP contribution is 2.16. The van der Waals surface area contributed by atoms with Gasteiger partial charge in [0.25, 0.3) is 0 Å². The van der Waals surface area contributed by atoms with Crippen LogP contribution in [0.3, 0.4) is 0 Å². The summed E-state index contributed by atoms with van der Waals surface area (Å²) in [6.45, 7) is 1.74. The highest BCUT2D eigenvalue weighted by atomic mass is 16.5. The summed E-state index contributed by atoms with van der Waals surface area (Å²) in [5, 5.41) is 3.29. The Bertz CT molecular complexity index is 201. The molecule has 1 unspecified atom stereocenters. The maximum atomic E-state index is 10.8. The Balaban J connectivity index is 1.98. The zero-order valence-corrected chi connectivity index (χ0v) is 8.79. The van der Waals surface area contributed by atoms with Gasteiger partial charge >= 0.3 is 5.97 Å². The Kier molecular flexibility index (Phi) is 5.30. The summed E-state index contributed by atoms with van der Waals surface area (Å²) < 4.78 is 4.55. The first kappa shape index (κ1) is 11.2. The second-order valence-corrected chi connectivity index (χ2v) is 3.68. The summed E-state index contributed by atoms with van der Waals surface area (Å²) in [5.41, 5.74) is 0. The number of hydrogen-bond acceptors (Lipinski definition) is 3. The van der Waals surface area contributed by atoms with Crippen LogP contribution in [0.4, 0.5) is 0 Å². The minimum absolute atomic E-state index is 0.138. The molecule has 14 heavy (non-hydrogen) atoms. The van der Waals surface area contributed by atoms with Gasteiger partial charge in [0.05, 0.1) is 13.5 Å². The third kappa shape index (κ3) is 4.42. The molecular weight excluding hydrogens is 178 g/mol. The monoisotopic (exact) mass is 197 g/mol. The van der Waals surface area contributed by atoms with E-state index in [9.17, 15) is 4.79 Å². The van der Waals surface area contributed by atoms with Gasteiger partial charge < -0.3 is 10.1 Å². The molecule has 0 spiro atoms. The van der Waals surface area contributed by atoms with Crippen molar-refractivity contribution in [2.24, 2.45) is 5.92 Å². The third-order valence-corrected chi connectivity index (χ3v) is 2.54. The zero-order valence-electron chi connectivity index (χ0n) is 8.79. The number of carbonyl (C=O) groups excluding carboxylic acids is 1. The Morgan fingerprint density at radius 2 is 2.43 bits per heavy atom. The molecule has 0 radical (unpaired) electrons. The van der Waals surface area contributed by atoms with E-state index in [1.165, 1.54) is 26.4 Å². The SMILES string of the molecule is COC(=O)CCNCC1CC=CCC1. The topological polar surface area (TPSA) is 38.3 Å². The van der Waals surface area contributed by atoms with Crippen LogP contribution in [0.5, 0.6) is 0 Å². The molecule has 1 atom stereocenters. The van der Waals surface area contributed by atoms with Gasteiger partial charge in [-0.15, -0.1) is 0 Å². The summed E-state index contributed by atoms with van der Waals surface area (Å²) in [5.74, 6) is 0.610. The van der Waals surface area contributed by atoms with Crippen molar-refractivity contribution in [2.45, 2.75) is 25.7 Å². The molecule has 0 heterocycles. The van der Waals surface area contributed by atoms with Crippen LogP contribution >= 0.6 is 0 Å². The first-order chi connectivity index (χ1) is 6.83. The molecule has 3 nitrogen and oxygen atoms in total. The van der Waals surface area contributed by atoms with Crippen molar-refractivity contribution >= 4 is 5.97 Å². The minimum atomic E-state index is -0.138. The summed E-state index contributed by atoms with van der Waals surface area (Å²) in [7, 11) is 1.42. The molecule has 3 heteroatoms. The quantitative estimate of drug-likeness (QED) is 0.412. The fourth-order valence-electron chi connectivity index (χ4n) is 1.64.